The molecule has 1 saturated heterocycles. The van der Waals surface area contributed by atoms with E-state index in [1.54, 1.807) is 24.3 Å². The van der Waals surface area contributed by atoms with Crippen LogP contribution < -0.4 is 5.32 Å². The monoisotopic (exact) mass is 262 g/mol. The Morgan fingerprint density at radius 2 is 2.05 bits per heavy atom. The van der Waals surface area contributed by atoms with Crippen molar-refractivity contribution in [2.45, 2.75) is 19.4 Å². The molecule has 0 radical (unpaired) electrons. The second-order valence-corrected chi connectivity index (χ2v) is 5.36. The van der Waals surface area contributed by atoms with Crippen molar-refractivity contribution in [3.8, 4) is 0 Å². The summed E-state index contributed by atoms with van der Waals surface area (Å²) in [5.74, 6) is -0.275. The maximum absolute atomic E-state index is 12.8. The number of nitrogens with zero attached hydrogens (tertiary/aromatic N) is 1. The van der Waals surface area contributed by atoms with Gasteiger partial charge in [-0.25, -0.2) is 4.39 Å². The second kappa shape index (κ2) is 5.53. The van der Waals surface area contributed by atoms with Crippen LogP contribution in [0.3, 0.4) is 0 Å². The van der Waals surface area contributed by atoms with E-state index in [4.69, 9.17) is 0 Å². The van der Waals surface area contributed by atoms with Crippen molar-refractivity contribution in [1.82, 2.24) is 10.2 Å². The molecular formula is C15H19FN2O. The summed E-state index contributed by atoms with van der Waals surface area (Å²) in [7, 11) is 0. The van der Waals surface area contributed by atoms with Crippen LogP contribution in [0.15, 0.2) is 30.3 Å². The molecule has 102 valence electrons. The van der Waals surface area contributed by atoms with Crippen LogP contribution >= 0.6 is 0 Å². The average Bonchev–Trinajstić information content (AvgIpc) is 2.37. The third-order valence-corrected chi connectivity index (χ3v) is 3.35. The molecule has 0 saturated carbocycles. The van der Waals surface area contributed by atoms with Crippen LogP contribution in [0, 0.1) is 5.82 Å². The van der Waals surface area contributed by atoms with Gasteiger partial charge in [0.05, 0.1) is 5.54 Å². The summed E-state index contributed by atoms with van der Waals surface area (Å²) < 4.78 is 12.8. The highest BCUT2D eigenvalue weighted by Crippen LogP contribution is 2.17. The van der Waals surface area contributed by atoms with Crippen molar-refractivity contribution in [2.24, 2.45) is 0 Å². The third-order valence-electron chi connectivity index (χ3n) is 3.35. The minimum atomic E-state index is -0.272. The van der Waals surface area contributed by atoms with Crippen molar-refractivity contribution in [2.75, 3.05) is 19.6 Å². The highest BCUT2D eigenvalue weighted by molar-refractivity contribution is 5.92. The highest BCUT2D eigenvalue weighted by Gasteiger charge is 2.31. The third kappa shape index (κ3) is 3.41. The molecule has 0 aliphatic carbocycles. The van der Waals surface area contributed by atoms with Gasteiger partial charge < -0.3 is 10.2 Å². The lowest BCUT2D eigenvalue weighted by molar-refractivity contribution is -0.132. The van der Waals surface area contributed by atoms with Crippen LogP contribution in [0.4, 0.5) is 4.39 Å². The Morgan fingerprint density at radius 1 is 1.37 bits per heavy atom. The molecule has 0 atom stereocenters. The summed E-state index contributed by atoms with van der Waals surface area (Å²) in [5.41, 5.74) is 0.644. The summed E-state index contributed by atoms with van der Waals surface area (Å²) in [6, 6.07) is 6.09. The van der Waals surface area contributed by atoms with E-state index in [0.29, 0.717) is 6.54 Å². The number of halogens is 1. The Hall–Kier alpha value is -1.68. The molecule has 1 aliphatic rings. The Morgan fingerprint density at radius 3 is 2.68 bits per heavy atom. The van der Waals surface area contributed by atoms with Crippen molar-refractivity contribution in [3.05, 3.63) is 41.7 Å². The lowest BCUT2D eigenvalue weighted by Crippen LogP contribution is -2.59. The van der Waals surface area contributed by atoms with Gasteiger partial charge in [0.25, 0.3) is 0 Å². The molecule has 1 fully saturated rings. The zero-order valence-corrected chi connectivity index (χ0v) is 11.3. The normalized spacial score (nSPS) is 18.8. The molecule has 4 heteroatoms. The van der Waals surface area contributed by atoms with E-state index in [1.807, 2.05) is 18.7 Å². The summed E-state index contributed by atoms with van der Waals surface area (Å²) in [4.78, 5) is 14.1. The first kappa shape index (κ1) is 13.7. The van der Waals surface area contributed by atoms with Gasteiger partial charge in [-0.15, -0.1) is 0 Å². The molecular weight excluding hydrogens is 243 g/mol. The first-order valence-corrected chi connectivity index (χ1v) is 6.45. The maximum Gasteiger partial charge on any atom is 0.247 e. The molecule has 1 amide bonds. The van der Waals surface area contributed by atoms with E-state index in [-0.39, 0.29) is 17.3 Å². The number of hydrogen-bond donors (Lipinski definition) is 1. The number of rotatable bonds is 2. The van der Waals surface area contributed by atoms with Crippen molar-refractivity contribution < 1.29 is 9.18 Å². The summed E-state index contributed by atoms with van der Waals surface area (Å²) in [6.07, 6.45) is 3.28. The van der Waals surface area contributed by atoms with Crippen molar-refractivity contribution >= 4 is 12.0 Å². The minimum absolute atomic E-state index is 0.00387. The van der Waals surface area contributed by atoms with E-state index in [0.717, 1.165) is 18.7 Å². The molecule has 0 aromatic heterocycles. The molecule has 0 spiro atoms. The zero-order valence-electron chi connectivity index (χ0n) is 11.3. The summed E-state index contributed by atoms with van der Waals surface area (Å²) >= 11 is 0. The van der Waals surface area contributed by atoms with Crippen LogP contribution in [-0.2, 0) is 4.79 Å². The van der Waals surface area contributed by atoms with Crippen LogP contribution in [0.5, 0.6) is 0 Å². The molecule has 1 heterocycles. The predicted octanol–water partition coefficient (Wildman–Crippen LogP) is 2.05. The fraction of sp³-hybridized carbons (Fsp3) is 0.400. The quantitative estimate of drug-likeness (QED) is 0.827. The summed E-state index contributed by atoms with van der Waals surface area (Å²) in [5, 5.41) is 3.28. The standard InChI is InChI=1S/C15H19FN2O/c1-15(2)11-17-9-10-18(15)14(19)8-5-12-3-6-13(16)7-4-12/h3-8,17H,9-11H2,1-2H3. The van der Waals surface area contributed by atoms with Gasteiger partial charge >= 0.3 is 0 Å². The molecule has 3 nitrogen and oxygen atoms in total. The first-order chi connectivity index (χ1) is 8.99. The highest BCUT2D eigenvalue weighted by atomic mass is 19.1. The van der Waals surface area contributed by atoms with Gasteiger partial charge in [-0.1, -0.05) is 12.1 Å². The Kier molecular flexibility index (Phi) is 4.00. The number of hydrogen-bond acceptors (Lipinski definition) is 2. The van der Waals surface area contributed by atoms with Gasteiger partial charge in [0, 0.05) is 25.7 Å². The maximum atomic E-state index is 12.8. The van der Waals surface area contributed by atoms with E-state index in [1.165, 1.54) is 12.1 Å². The van der Waals surface area contributed by atoms with Gasteiger partial charge in [-0.05, 0) is 37.6 Å². The van der Waals surface area contributed by atoms with E-state index in [2.05, 4.69) is 5.32 Å². The number of nitrogens with one attached hydrogen (secondary N) is 1. The second-order valence-electron chi connectivity index (χ2n) is 5.36. The minimum Gasteiger partial charge on any atom is -0.331 e. The lowest BCUT2D eigenvalue weighted by Gasteiger charge is -2.42. The van der Waals surface area contributed by atoms with Crippen LogP contribution in [0.1, 0.15) is 19.4 Å². The van der Waals surface area contributed by atoms with Crippen molar-refractivity contribution in [3.63, 3.8) is 0 Å². The number of carbonyl (C=O) groups is 1. The number of piperazine rings is 1. The molecule has 1 aromatic carbocycles. The van der Waals surface area contributed by atoms with Crippen molar-refractivity contribution in [1.29, 1.82) is 0 Å². The molecule has 1 aromatic rings. The lowest BCUT2D eigenvalue weighted by atomic mass is 10.00. The van der Waals surface area contributed by atoms with Crippen LogP contribution in [0.25, 0.3) is 6.08 Å². The molecule has 19 heavy (non-hydrogen) atoms. The topological polar surface area (TPSA) is 32.3 Å². The van der Waals surface area contributed by atoms with E-state index in [9.17, 15) is 9.18 Å². The molecule has 0 bridgehead atoms. The average molecular weight is 262 g/mol. The van der Waals surface area contributed by atoms with Gasteiger partial charge in [-0.3, -0.25) is 4.79 Å². The molecule has 0 unspecified atom stereocenters. The fourth-order valence-electron chi connectivity index (χ4n) is 2.22. The van der Waals surface area contributed by atoms with Gasteiger partial charge in [-0.2, -0.15) is 0 Å². The van der Waals surface area contributed by atoms with E-state index < -0.39 is 0 Å². The smallest absolute Gasteiger partial charge is 0.247 e. The molecule has 1 N–H and O–H groups in total. The van der Waals surface area contributed by atoms with E-state index >= 15 is 0 Å². The molecule has 2 rings (SSSR count). The molecule has 1 aliphatic heterocycles. The zero-order chi connectivity index (χ0) is 13.9. The number of carbonyl (C=O) groups excluding carboxylic acids is 1. The largest absolute Gasteiger partial charge is 0.331 e. The van der Waals surface area contributed by atoms with Gasteiger partial charge in [0.2, 0.25) is 5.91 Å². The van der Waals surface area contributed by atoms with Gasteiger partial charge in [0.15, 0.2) is 0 Å². The van der Waals surface area contributed by atoms with Crippen LogP contribution in [0.2, 0.25) is 0 Å². The fourth-order valence-corrected chi connectivity index (χ4v) is 2.22. The Labute approximate surface area is 113 Å². The predicted molar refractivity (Wildman–Crippen MR) is 74.1 cm³/mol. The number of amides is 1. The SMILES string of the molecule is CC1(C)CNCCN1C(=O)C=Cc1ccc(F)cc1. The number of benzene rings is 1. The first-order valence-electron chi connectivity index (χ1n) is 6.45. The van der Waals surface area contributed by atoms with Crippen LogP contribution in [-0.4, -0.2) is 36.0 Å². The summed E-state index contributed by atoms with van der Waals surface area (Å²) in [6.45, 7) is 6.41. The Balaban J connectivity index is 2.06. The van der Waals surface area contributed by atoms with Gasteiger partial charge in [0.1, 0.15) is 5.82 Å². The Bertz CT molecular complexity index is 479.